The van der Waals surface area contributed by atoms with Crippen LogP contribution in [0.15, 0.2) is 71.9 Å². The average molecular weight is 552 g/mol. The second-order valence-electron chi connectivity index (χ2n) is 8.03. The van der Waals surface area contributed by atoms with Gasteiger partial charge < -0.3 is 24.8 Å². The number of halogens is 1. The smallest absolute Gasteiger partial charge is 0.251 e. The number of methoxy groups -OCH3 is 3. The van der Waals surface area contributed by atoms with E-state index in [4.69, 9.17) is 14.2 Å². The maximum atomic E-state index is 13.2. The molecule has 0 saturated carbocycles. The number of carbonyl (C=O) groups excluding carboxylic acids is 2. The number of nitrogens with one attached hydrogen (secondary N) is 2. The first-order chi connectivity index (χ1) is 18.9. The molecule has 0 saturated heterocycles. The summed E-state index contributed by atoms with van der Waals surface area (Å²) in [5.74, 6) is 0.892. The molecule has 0 bridgehead atoms. The molecule has 39 heavy (non-hydrogen) atoms. The molecule has 0 fully saturated rings. The van der Waals surface area contributed by atoms with Gasteiger partial charge in [0.25, 0.3) is 5.91 Å². The third kappa shape index (κ3) is 6.85. The minimum absolute atomic E-state index is 0.0145. The molecule has 2 N–H and O–H groups in total. The lowest BCUT2D eigenvalue weighted by atomic mass is 10.2. The Morgan fingerprint density at radius 1 is 0.923 bits per heavy atom. The SMILES string of the molecule is COc1cc(OC)cc(C(=O)NCc2nnc(SCC(=O)Nc3ccc(F)cc3)n2-c2ccccc2OC)c1. The van der Waals surface area contributed by atoms with E-state index in [-0.39, 0.29) is 24.1 Å². The number of thioether (sulfide) groups is 1. The van der Waals surface area contributed by atoms with Crippen LogP contribution in [0.2, 0.25) is 0 Å². The monoisotopic (exact) mass is 551 g/mol. The molecule has 0 atom stereocenters. The third-order valence-electron chi connectivity index (χ3n) is 5.51. The van der Waals surface area contributed by atoms with Crippen molar-refractivity contribution in [2.45, 2.75) is 11.7 Å². The number of para-hydroxylation sites is 2. The number of hydrogen-bond donors (Lipinski definition) is 2. The van der Waals surface area contributed by atoms with Crippen LogP contribution in [0, 0.1) is 5.82 Å². The summed E-state index contributed by atoms with van der Waals surface area (Å²) in [6, 6.07) is 17.6. The maximum Gasteiger partial charge on any atom is 0.251 e. The Morgan fingerprint density at radius 2 is 1.62 bits per heavy atom. The zero-order valence-corrected chi connectivity index (χ0v) is 22.3. The number of carbonyl (C=O) groups is 2. The molecule has 4 rings (SSSR count). The van der Waals surface area contributed by atoms with Crippen molar-refractivity contribution < 1.29 is 28.2 Å². The van der Waals surface area contributed by atoms with Gasteiger partial charge in [-0.1, -0.05) is 23.9 Å². The molecule has 0 spiro atoms. The van der Waals surface area contributed by atoms with Crippen LogP contribution in [0.1, 0.15) is 16.2 Å². The number of hydrogen-bond acceptors (Lipinski definition) is 8. The Morgan fingerprint density at radius 3 is 2.28 bits per heavy atom. The maximum absolute atomic E-state index is 13.2. The van der Waals surface area contributed by atoms with E-state index in [0.717, 1.165) is 11.8 Å². The Labute approximate surface area is 228 Å². The lowest BCUT2D eigenvalue weighted by molar-refractivity contribution is -0.113. The number of nitrogens with zero attached hydrogens (tertiary/aromatic N) is 3. The zero-order chi connectivity index (χ0) is 27.8. The van der Waals surface area contributed by atoms with Gasteiger partial charge >= 0.3 is 0 Å². The van der Waals surface area contributed by atoms with Crippen LogP contribution in [0.4, 0.5) is 10.1 Å². The largest absolute Gasteiger partial charge is 0.497 e. The van der Waals surface area contributed by atoms with Crippen molar-refractivity contribution in [3.8, 4) is 22.9 Å². The second kappa shape index (κ2) is 12.8. The van der Waals surface area contributed by atoms with Crippen LogP contribution >= 0.6 is 11.8 Å². The summed E-state index contributed by atoms with van der Waals surface area (Å²) in [4.78, 5) is 25.5. The van der Waals surface area contributed by atoms with Crippen molar-refractivity contribution in [3.63, 3.8) is 0 Å². The average Bonchev–Trinajstić information content (AvgIpc) is 3.38. The molecular weight excluding hydrogens is 525 g/mol. The number of benzene rings is 3. The highest BCUT2D eigenvalue weighted by molar-refractivity contribution is 7.99. The lowest BCUT2D eigenvalue weighted by Crippen LogP contribution is -2.25. The van der Waals surface area contributed by atoms with Crippen molar-refractivity contribution in [3.05, 3.63) is 83.9 Å². The number of aromatic nitrogens is 3. The summed E-state index contributed by atoms with van der Waals surface area (Å²) >= 11 is 1.15. The lowest BCUT2D eigenvalue weighted by Gasteiger charge is -2.14. The van der Waals surface area contributed by atoms with Crippen molar-refractivity contribution >= 4 is 29.3 Å². The summed E-state index contributed by atoms with van der Waals surface area (Å²) in [5.41, 5.74) is 1.46. The van der Waals surface area contributed by atoms with Crippen LogP contribution in [0.3, 0.4) is 0 Å². The van der Waals surface area contributed by atoms with Crippen molar-refractivity contribution in [2.75, 3.05) is 32.4 Å². The van der Waals surface area contributed by atoms with E-state index in [1.807, 2.05) is 18.2 Å². The quantitative estimate of drug-likeness (QED) is 0.268. The minimum Gasteiger partial charge on any atom is -0.497 e. The van der Waals surface area contributed by atoms with Gasteiger partial charge in [-0.05, 0) is 48.5 Å². The molecule has 0 radical (unpaired) electrons. The molecule has 12 heteroatoms. The summed E-state index contributed by atoms with van der Waals surface area (Å²) < 4.78 is 30.9. The van der Waals surface area contributed by atoms with Gasteiger partial charge in [-0.25, -0.2) is 4.39 Å². The Hall–Kier alpha value is -4.58. The van der Waals surface area contributed by atoms with Gasteiger partial charge in [-0.2, -0.15) is 0 Å². The van der Waals surface area contributed by atoms with E-state index in [2.05, 4.69) is 20.8 Å². The van der Waals surface area contributed by atoms with E-state index in [1.165, 1.54) is 38.5 Å². The summed E-state index contributed by atoms with van der Waals surface area (Å²) in [6.45, 7) is 0.0335. The molecule has 0 unspecified atom stereocenters. The van der Waals surface area contributed by atoms with E-state index >= 15 is 0 Å². The molecule has 1 aromatic heterocycles. The predicted molar refractivity (Wildman–Crippen MR) is 144 cm³/mol. The molecule has 202 valence electrons. The van der Waals surface area contributed by atoms with Gasteiger partial charge in [0.05, 0.1) is 39.3 Å². The van der Waals surface area contributed by atoms with Crippen LogP contribution in [-0.2, 0) is 11.3 Å². The van der Waals surface area contributed by atoms with Gasteiger partial charge in [0.1, 0.15) is 23.1 Å². The first-order valence-corrected chi connectivity index (χ1v) is 12.7. The van der Waals surface area contributed by atoms with Crippen LogP contribution in [0.5, 0.6) is 17.2 Å². The fourth-order valence-electron chi connectivity index (χ4n) is 3.63. The number of anilines is 1. The zero-order valence-electron chi connectivity index (χ0n) is 21.4. The first-order valence-electron chi connectivity index (χ1n) is 11.7. The van der Waals surface area contributed by atoms with Crippen LogP contribution < -0.4 is 24.8 Å². The Balaban J connectivity index is 1.55. The fraction of sp³-hybridized carbons (Fsp3) is 0.185. The molecule has 0 aliphatic rings. The topological polar surface area (TPSA) is 117 Å². The van der Waals surface area contributed by atoms with Crippen molar-refractivity contribution in [2.24, 2.45) is 0 Å². The van der Waals surface area contributed by atoms with Gasteiger partial charge in [0.2, 0.25) is 5.91 Å². The standard InChI is InChI=1S/C27H26FN5O5S/c1-36-20-12-17(13-21(14-20)37-2)26(35)29-15-24-31-32-27(33(24)22-6-4-5-7-23(22)38-3)39-16-25(34)30-19-10-8-18(28)9-11-19/h4-14H,15-16H2,1-3H3,(H,29,35)(H,30,34). The fourth-order valence-corrected chi connectivity index (χ4v) is 4.39. The van der Waals surface area contributed by atoms with Gasteiger partial charge in [0.15, 0.2) is 11.0 Å². The molecular formula is C27H26FN5O5S. The van der Waals surface area contributed by atoms with Crippen molar-refractivity contribution in [1.29, 1.82) is 0 Å². The van der Waals surface area contributed by atoms with E-state index in [0.29, 0.717) is 45.2 Å². The molecule has 2 amide bonds. The van der Waals surface area contributed by atoms with E-state index in [1.54, 1.807) is 35.9 Å². The van der Waals surface area contributed by atoms with Gasteiger partial charge in [0, 0.05) is 17.3 Å². The molecule has 1 heterocycles. The molecule has 0 aliphatic carbocycles. The molecule has 4 aromatic rings. The summed E-state index contributed by atoms with van der Waals surface area (Å²) in [7, 11) is 4.56. The summed E-state index contributed by atoms with van der Waals surface area (Å²) in [6.07, 6.45) is 0. The Bertz CT molecular complexity index is 1440. The minimum atomic E-state index is -0.391. The second-order valence-corrected chi connectivity index (χ2v) is 8.98. The van der Waals surface area contributed by atoms with Crippen LogP contribution in [-0.4, -0.2) is 53.7 Å². The Kier molecular flexibility index (Phi) is 9.00. The predicted octanol–water partition coefficient (Wildman–Crippen LogP) is 4.09. The normalized spacial score (nSPS) is 10.6. The van der Waals surface area contributed by atoms with Crippen LogP contribution in [0.25, 0.3) is 5.69 Å². The van der Waals surface area contributed by atoms with E-state index in [9.17, 15) is 14.0 Å². The highest BCUT2D eigenvalue weighted by Crippen LogP contribution is 2.29. The number of rotatable bonds is 11. The molecule has 0 aliphatic heterocycles. The van der Waals surface area contributed by atoms with Crippen molar-refractivity contribution in [1.82, 2.24) is 20.1 Å². The highest BCUT2D eigenvalue weighted by Gasteiger charge is 2.20. The summed E-state index contributed by atoms with van der Waals surface area (Å²) in [5, 5.41) is 14.5. The van der Waals surface area contributed by atoms with Gasteiger partial charge in [-0.15, -0.1) is 10.2 Å². The highest BCUT2D eigenvalue weighted by atomic mass is 32.2. The third-order valence-corrected chi connectivity index (χ3v) is 6.44. The number of amides is 2. The van der Waals surface area contributed by atoms with E-state index < -0.39 is 5.82 Å². The molecule has 10 nitrogen and oxygen atoms in total. The van der Waals surface area contributed by atoms with Gasteiger partial charge in [-0.3, -0.25) is 14.2 Å². The number of ether oxygens (including phenoxy) is 3. The molecule has 3 aromatic carbocycles. The first kappa shape index (κ1) is 27.5.